The number of fused-ring (bicyclic) bond motifs is 1. The number of para-hydroxylation sites is 1. The molecule has 7 nitrogen and oxygen atoms in total. The zero-order valence-corrected chi connectivity index (χ0v) is 18.5. The second kappa shape index (κ2) is 8.86. The molecule has 0 unspecified atom stereocenters. The summed E-state index contributed by atoms with van der Waals surface area (Å²) in [6, 6.07) is 18.7. The molecule has 0 aliphatic heterocycles. The van der Waals surface area contributed by atoms with Crippen molar-refractivity contribution < 1.29 is 4.79 Å². The van der Waals surface area contributed by atoms with Crippen molar-refractivity contribution >= 4 is 11.6 Å². The van der Waals surface area contributed by atoms with Gasteiger partial charge < -0.3 is 10.3 Å². The molecule has 0 atom stereocenters. The van der Waals surface area contributed by atoms with Crippen LogP contribution in [-0.2, 0) is 12.8 Å². The minimum absolute atomic E-state index is 0.207. The standard InChI is InChI=1S/C26H25N5O2/c1-17-15-23(32)29-25(27-17)18-9-8-10-19(16-18)28-26(33)24-21-13-6-3-7-14-22(21)31(30-24)20-11-4-2-5-12-20/h2,4-5,8-12,15-16H,3,6-7,13-14H2,1H3,(H,28,33)(H,27,29,32). The predicted molar refractivity (Wildman–Crippen MR) is 128 cm³/mol. The minimum Gasteiger partial charge on any atom is -0.321 e. The van der Waals surface area contributed by atoms with Gasteiger partial charge in [0.05, 0.1) is 5.69 Å². The molecule has 0 radical (unpaired) electrons. The summed E-state index contributed by atoms with van der Waals surface area (Å²) in [7, 11) is 0. The van der Waals surface area contributed by atoms with Crippen LogP contribution in [0.1, 0.15) is 46.7 Å². The van der Waals surface area contributed by atoms with Crippen LogP contribution in [0.15, 0.2) is 65.5 Å². The zero-order valence-electron chi connectivity index (χ0n) is 18.5. The normalized spacial score (nSPS) is 13.2. The van der Waals surface area contributed by atoms with E-state index in [9.17, 15) is 9.59 Å². The highest BCUT2D eigenvalue weighted by molar-refractivity contribution is 6.04. The number of carbonyl (C=O) groups excluding carboxylic acids is 1. The van der Waals surface area contributed by atoms with Crippen LogP contribution in [0, 0.1) is 6.92 Å². The van der Waals surface area contributed by atoms with Gasteiger partial charge in [-0.3, -0.25) is 9.59 Å². The summed E-state index contributed by atoms with van der Waals surface area (Å²) in [4.78, 5) is 32.3. The summed E-state index contributed by atoms with van der Waals surface area (Å²) in [6.07, 6.45) is 5.05. The van der Waals surface area contributed by atoms with Crippen LogP contribution >= 0.6 is 0 Å². The van der Waals surface area contributed by atoms with E-state index in [1.54, 1.807) is 6.92 Å². The molecule has 0 saturated carbocycles. The van der Waals surface area contributed by atoms with Crippen LogP contribution in [0.5, 0.6) is 0 Å². The molecule has 33 heavy (non-hydrogen) atoms. The molecule has 166 valence electrons. The molecule has 1 amide bonds. The highest BCUT2D eigenvalue weighted by Gasteiger charge is 2.25. The van der Waals surface area contributed by atoms with Gasteiger partial charge in [-0.1, -0.05) is 36.8 Å². The quantitative estimate of drug-likeness (QED) is 0.460. The molecule has 1 aliphatic carbocycles. The van der Waals surface area contributed by atoms with E-state index in [0.29, 0.717) is 22.9 Å². The first-order valence-electron chi connectivity index (χ1n) is 11.2. The Morgan fingerprint density at radius 2 is 1.82 bits per heavy atom. The van der Waals surface area contributed by atoms with Crippen LogP contribution in [-0.4, -0.2) is 25.7 Å². The summed E-state index contributed by atoms with van der Waals surface area (Å²) < 4.78 is 1.92. The van der Waals surface area contributed by atoms with Gasteiger partial charge in [0, 0.05) is 34.3 Å². The number of anilines is 1. The van der Waals surface area contributed by atoms with E-state index in [2.05, 4.69) is 15.3 Å². The van der Waals surface area contributed by atoms with Gasteiger partial charge in [0.25, 0.3) is 11.5 Å². The van der Waals surface area contributed by atoms with Gasteiger partial charge in [0.1, 0.15) is 5.82 Å². The number of rotatable bonds is 4. The highest BCUT2D eigenvalue weighted by Crippen LogP contribution is 2.27. The second-order valence-corrected chi connectivity index (χ2v) is 8.35. The maximum atomic E-state index is 13.3. The average Bonchev–Trinajstić information content (AvgIpc) is 3.00. The molecule has 0 fully saturated rings. The Kier molecular flexibility index (Phi) is 5.60. The van der Waals surface area contributed by atoms with E-state index < -0.39 is 0 Å². The lowest BCUT2D eigenvalue weighted by atomic mass is 10.1. The van der Waals surface area contributed by atoms with Crippen LogP contribution in [0.4, 0.5) is 5.69 Å². The molecule has 0 spiro atoms. The molecule has 7 heteroatoms. The lowest BCUT2D eigenvalue weighted by Crippen LogP contribution is -2.15. The van der Waals surface area contributed by atoms with E-state index in [1.807, 2.05) is 59.3 Å². The number of nitrogens with one attached hydrogen (secondary N) is 2. The van der Waals surface area contributed by atoms with Crippen molar-refractivity contribution in [3.8, 4) is 17.1 Å². The van der Waals surface area contributed by atoms with Crippen molar-refractivity contribution in [3.05, 3.63) is 93.7 Å². The molecular weight excluding hydrogens is 414 g/mol. The van der Waals surface area contributed by atoms with E-state index in [-0.39, 0.29) is 11.5 Å². The van der Waals surface area contributed by atoms with Crippen LogP contribution in [0.3, 0.4) is 0 Å². The molecule has 0 saturated heterocycles. The summed E-state index contributed by atoms with van der Waals surface area (Å²) in [5.41, 5.74) is 5.38. The first-order chi connectivity index (χ1) is 16.1. The van der Waals surface area contributed by atoms with E-state index in [0.717, 1.165) is 54.6 Å². The van der Waals surface area contributed by atoms with Crippen molar-refractivity contribution in [1.29, 1.82) is 0 Å². The fraction of sp³-hybridized carbons (Fsp3) is 0.231. The fourth-order valence-corrected chi connectivity index (χ4v) is 4.39. The number of aromatic amines is 1. The molecule has 2 aromatic heterocycles. The predicted octanol–water partition coefficient (Wildman–Crippen LogP) is 4.45. The van der Waals surface area contributed by atoms with Gasteiger partial charge in [-0.25, -0.2) is 9.67 Å². The number of carbonyl (C=O) groups is 1. The molecule has 2 aromatic carbocycles. The molecule has 0 bridgehead atoms. The Bertz CT molecular complexity index is 1370. The third-order valence-electron chi connectivity index (χ3n) is 5.91. The van der Waals surface area contributed by atoms with Gasteiger partial charge in [-0.05, 0) is 56.9 Å². The number of H-pyrrole nitrogens is 1. The second-order valence-electron chi connectivity index (χ2n) is 8.35. The fourth-order valence-electron chi connectivity index (χ4n) is 4.39. The van der Waals surface area contributed by atoms with Crippen molar-refractivity contribution in [2.45, 2.75) is 39.0 Å². The minimum atomic E-state index is -0.231. The number of nitrogens with zero attached hydrogens (tertiary/aromatic N) is 3. The van der Waals surface area contributed by atoms with E-state index in [4.69, 9.17) is 5.10 Å². The summed E-state index contributed by atoms with van der Waals surface area (Å²) >= 11 is 0. The van der Waals surface area contributed by atoms with Crippen molar-refractivity contribution in [1.82, 2.24) is 19.7 Å². The number of hydrogen-bond acceptors (Lipinski definition) is 4. The first-order valence-corrected chi connectivity index (χ1v) is 11.2. The van der Waals surface area contributed by atoms with Crippen molar-refractivity contribution in [2.24, 2.45) is 0 Å². The maximum absolute atomic E-state index is 13.3. The van der Waals surface area contributed by atoms with Crippen LogP contribution in [0.2, 0.25) is 0 Å². The summed E-state index contributed by atoms with van der Waals surface area (Å²) in [5, 5.41) is 7.75. The summed E-state index contributed by atoms with van der Waals surface area (Å²) in [5.74, 6) is 0.240. The maximum Gasteiger partial charge on any atom is 0.276 e. The van der Waals surface area contributed by atoms with Gasteiger partial charge in [-0.2, -0.15) is 5.10 Å². The number of aromatic nitrogens is 4. The number of benzene rings is 2. The van der Waals surface area contributed by atoms with Crippen molar-refractivity contribution in [2.75, 3.05) is 5.32 Å². The number of amides is 1. The highest BCUT2D eigenvalue weighted by atomic mass is 16.2. The van der Waals surface area contributed by atoms with E-state index in [1.165, 1.54) is 6.07 Å². The molecule has 4 aromatic rings. The Labute approximate surface area is 191 Å². The molecular formula is C26H25N5O2. The third kappa shape index (κ3) is 4.35. The lowest BCUT2D eigenvalue weighted by molar-refractivity contribution is 0.102. The van der Waals surface area contributed by atoms with Crippen LogP contribution in [0.25, 0.3) is 17.1 Å². The van der Waals surface area contributed by atoms with E-state index >= 15 is 0 Å². The van der Waals surface area contributed by atoms with Crippen LogP contribution < -0.4 is 10.9 Å². The Balaban J connectivity index is 1.48. The summed E-state index contributed by atoms with van der Waals surface area (Å²) in [6.45, 7) is 1.78. The number of aryl methyl sites for hydroxylation is 1. The number of hydrogen-bond donors (Lipinski definition) is 2. The molecule has 2 heterocycles. The van der Waals surface area contributed by atoms with Gasteiger partial charge in [0.15, 0.2) is 5.69 Å². The van der Waals surface area contributed by atoms with Gasteiger partial charge in [0.2, 0.25) is 0 Å². The first kappa shape index (κ1) is 20.9. The Morgan fingerprint density at radius 3 is 2.64 bits per heavy atom. The topological polar surface area (TPSA) is 92.7 Å². The van der Waals surface area contributed by atoms with Crippen molar-refractivity contribution in [3.63, 3.8) is 0 Å². The molecule has 2 N–H and O–H groups in total. The Hall–Kier alpha value is -4.00. The zero-order chi connectivity index (χ0) is 22.8. The molecule has 1 aliphatic rings. The lowest BCUT2D eigenvalue weighted by Gasteiger charge is -2.08. The Morgan fingerprint density at radius 1 is 1.00 bits per heavy atom. The SMILES string of the molecule is Cc1cc(=O)[nH]c(-c2cccc(NC(=O)c3nn(-c4ccccc4)c4c3CCCCC4)c2)n1. The van der Waals surface area contributed by atoms with Gasteiger partial charge in [-0.15, -0.1) is 0 Å². The largest absolute Gasteiger partial charge is 0.321 e. The monoisotopic (exact) mass is 439 g/mol. The molecule has 5 rings (SSSR count). The smallest absolute Gasteiger partial charge is 0.276 e. The third-order valence-corrected chi connectivity index (χ3v) is 5.91. The van der Waals surface area contributed by atoms with Gasteiger partial charge >= 0.3 is 0 Å². The average molecular weight is 440 g/mol.